The molecule has 134 valence electrons. The van der Waals surface area contributed by atoms with Crippen LogP contribution in [0.5, 0.6) is 0 Å². The van der Waals surface area contributed by atoms with E-state index in [-0.39, 0.29) is 5.91 Å². The van der Waals surface area contributed by atoms with Crippen LogP contribution in [-0.2, 0) is 13.6 Å². The maximum atomic E-state index is 13.2. The molecule has 1 aromatic carbocycles. The minimum absolute atomic E-state index is 0.0202. The summed E-state index contributed by atoms with van der Waals surface area (Å²) in [5.74, 6) is 1.64. The van der Waals surface area contributed by atoms with E-state index in [9.17, 15) is 4.79 Å². The molecule has 3 aromatic rings. The molecule has 1 aliphatic heterocycles. The lowest BCUT2D eigenvalue weighted by molar-refractivity contribution is 0.0781. The van der Waals surface area contributed by atoms with Crippen LogP contribution >= 0.6 is 0 Å². The lowest BCUT2D eigenvalue weighted by Gasteiger charge is -2.23. The van der Waals surface area contributed by atoms with Crippen molar-refractivity contribution >= 4 is 22.6 Å². The van der Waals surface area contributed by atoms with Crippen molar-refractivity contribution in [2.24, 2.45) is 7.05 Å². The number of fused-ring (bicyclic) bond motifs is 1. The van der Waals surface area contributed by atoms with Crippen LogP contribution in [0.1, 0.15) is 29.0 Å². The van der Waals surface area contributed by atoms with Crippen molar-refractivity contribution < 1.29 is 4.79 Å². The van der Waals surface area contributed by atoms with Crippen molar-refractivity contribution in [1.29, 1.82) is 0 Å². The summed E-state index contributed by atoms with van der Waals surface area (Å²) < 4.78 is 1.93. The van der Waals surface area contributed by atoms with Gasteiger partial charge in [-0.15, -0.1) is 0 Å². The number of hydrogen-bond acceptors (Lipinski definition) is 4. The molecule has 0 saturated carbocycles. The van der Waals surface area contributed by atoms with Crippen molar-refractivity contribution in [3.05, 3.63) is 54.1 Å². The van der Waals surface area contributed by atoms with E-state index in [1.54, 1.807) is 11.1 Å². The Morgan fingerprint density at radius 2 is 2.00 bits per heavy atom. The summed E-state index contributed by atoms with van der Waals surface area (Å²) in [4.78, 5) is 26.3. The summed E-state index contributed by atoms with van der Waals surface area (Å²) in [5.41, 5.74) is 1.60. The minimum Gasteiger partial charge on any atom is -0.356 e. The number of para-hydroxylation sites is 1. The molecule has 1 aliphatic rings. The van der Waals surface area contributed by atoms with E-state index in [2.05, 4.69) is 9.88 Å². The zero-order valence-electron chi connectivity index (χ0n) is 15.2. The number of benzene rings is 1. The van der Waals surface area contributed by atoms with Crippen molar-refractivity contribution in [2.45, 2.75) is 19.4 Å². The van der Waals surface area contributed by atoms with E-state index in [0.717, 1.165) is 48.5 Å². The Labute approximate surface area is 153 Å². The first kappa shape index (κ1) is 16.6. The van der Waals surface area contributed by atoms with Crippen molar-refractivity contribution in [3.8, 4) is 0 Å². The summed E-state index contributed by atoms with van der Waals surface area (Å²) in [7, 11) is 3.76. The highest BCUT2D eigenvalue weighted by molar-refractivity contribution is 6.02. The Hall–Kier alpha value is -2.89. The number of aromatic nitrogens is 3. The quantitative estimate of drug-likeness (QED) is 0.727. The van der Waals surface area contributed by atoms with Crippen LogP contribution in [0.25, 0.3) is 10.9 Å². The molecule has 0 radical (unpaired) electrons. The van der Waals surface area contributed by atoms with E-state index in [4.69, 9.17) is 4.98 Å². The molecule has 0 aliphatic carbocycles. The van der Waals surface area contributed by atoms with Gasteiger partial charge in [0.2, 0.25) is 0 Å². The van der Waals surface area contributed by atoms with Crippen LogP contribution in [0.2, 0.25) is 0 Å². The molecule has 4 rings (SSSR count). The minimum atomic E-state index is -0.0202. The second-order valence-electron chi connectivity index (χ2n) is 6.86. The van der Waals surface area contributed by atoms with Crippen LogP contribution < -0.4 is 4.90 Å². The van der Waals surface area contributed by atoms with Gasteiger partial charge in [-0.25, -0.2) is 9.97 Å². The van der Waals surface area contributed by atoms with Crippen molar-refractivity contribution in [3.63, 3.8) is 0 Å². The van der Waals surface area contributed by atoms with Gasteiger partial charge in [-0.1, -0.05) is 18.2 Å². The van der Waals surface area contributed by atoms with Gasteiger partial charge in [0.15, 0.2) is 0 Å². The largest absolute Gasteiger partial charge is 0.356 e. The number of imidazole rings is 1. The number of carbonyl (C=O) groups excluding carboxylic acids is 1. The van der Waals surface area contributed by atoms with E-state index >= 15 is 0 Å². The van der Waals surface area contributed by atoms with E-state index in [1.165, 1.54) is 0 Å². The van der Waals surface area contributed by atoms with Crippen molar-refractivity contribution in [1.82, 2.24) is 19.4 Å². The Morgan fingerprint density at radius 3 is 2.73 bits per heavy atom. The summed E-state index contributed by atoms with van der Waals surface area (Å²) >= 11 is 0. The zero-order chi connectivity index (χ0) is 18.1. The number of anilines is 1. The molecule has 0 bridgehead atoms. The number of amides is 1. The van der Waals surface area contributed by atoms with Gasteiger partial charge in [-0.3, -0.25) is 4.79 Å². The first-order valence-electron chi connectivity index (χ1n) is 9.00. The summed E-state index contributed by atoms with van der Waals surface area (Å²) in [6, 6.07) is 9.95. The Morgan fingerprint density at radius 1 is 1.23 bits per heavy atom. The lowest BCUT2D eigenvalue weighted by atomic mass is 10.1. The van der Waals surface area contributed by atoms with E-state index in [0.29, 0.717) is 12.1 Å². The van der Waals surface area contributed by atoms with Crippen LogP contribution in [0.3, 0.4) is 0 Å². The standard InChI is InChI=1S/C20H23N5O/c1-23-12-9-21-18(23)14-24(2)20(26)16-13-15-7-3-4-8-17(15)22-19(16)25-10-5-6-11-25/h3-4,7-9,12-13H,5-6,10-11,14H2,1-2H3. The molecule has 0 atom stereocenters. The lowest BCUT2D eigenvalue weighted by Crippen LogP contribution is -2.30. The molecule has 0 unspecified atom stereocenters. The first-order valence-corrected chi connectivity index (χ1v) is 9.00. The second kappa shape index (κ2) is 6.78. The monoisotopic (exact) mass is 349 g/mol. The molecule has 3 heterocycles. The highest BCUT2D eigenvalue weighted by Crippen LogP contribution is 2.27. The van der Waals surface area contributed by atoms with Gasteiger partial charge in [0, 0.05) is 45.0 Å². The molecule has 1 amide bonds. The topological polar surface area (TPSA) is 54.3 Å². The Balaban J connectivity index is 1.72. The number of hydrogen-bond donors (Lipinski definition) is 0. The molecule has 26 heavy (non-hydrogen) atoms. The molecule has 1 fully saturated rings. The van der Waals surface area contributed by atoms with Crippen LogP contribution in [0.4, 0.5) is 5.82 Å². The third kappa shape index (κ3) is 3.03. The predicted molar refractivity (Wildman–Crippen MR) is 102 cm³/mol. The molecule has 1 saturated heterocycles. The van der Waals surface area contributed by atoms with E-state index < -0.39 is 0 Å². The fourth-order valence-electron chi connectivity index (χ4n) is 3.47. The highest BCUT2D eigenvalue weighted by atomic mass is 16.2. The fourth-order valence-corrected chi connectivity index (χ4v) is 3.47. The molecule has 2 aromatic heterocycles. The SMILES string of the molecule is CN(Cc1nccn1C)C(=O)c1cc2ccccc2nc1N1CCCC1. The number of pyridine rings is 1. The zero-order valence-corrected chi connectivity index (χ0v) is 15.2. The molecule has 6 heteroatoms. The van der Waals surface area contributed by atoms with Crippen LogP contribution in [0.15, 0.2) is 42.7 Å². The van der Waals surface area contributed by atoms with Gasteiger partial charge in [-0.05, 0) is 25.0 Å². The normalized spacial score (nSPS) is 14.2. The van der Waals surface area contributed by atoms with Gasteiger partial charge in [-0.2, -0.15) is 0 Å². The number of nitrogens with zero attached hydrogens (tertiary/aromatic N) is 5. The summed E-state index contributed by atoms with van der Waals surface area (Å²) in [5, 5.41) is 0.990. The van der Waals surface area contributed by atoms with Gasteiger partial charge in [0.05, 0.1) is 17.6 Å². The molecule has 0 spiro atoms. The first-order chi connectivity index (χ1) is 12.6. The maximum Gasteiger partial charge on any atom is 0.257 e. The molecule has 6 nitrogen and oxygen atoms in total. The predicted octanol–water partition coefficient (Wildman–Crippen LogP) is 2.84. The van der Waals surface area contributed by atoms with Crippen molar-refractivity contribution in [2.75, 3.05) is 25.0 Å². The molecule has 0 N–H and O–H groups in total. The fraction of sp³-hybridized carbons (Fsp3) is 0.350. The van der Waals surface area contributed by atoms with Gasteiger partial charge in [0.1, 0.15) is 11.6 Å². The number of carbonyl (C=O) groups is 1. The number of aryl methyl sites for hydroxylation is 1. The van der Waals surface area contributed by atoms with Gasteiger partial charge in [0.25, 0.3) is 5.91 Å². The third-order valence-electron chi connectivity index (χ3n) is 4.99. The average Bonchev–Trinajstić information content (AvgIpc) is 3.32. The smallest absolute Gasteiger partial charge is 0.257 e. The third-order valence-corrected chi connectivity index (χ3v) is 4.99. The van der Waals surface area contributed by atoms with Crippen LogP contribution in [0, 0.1) is 0 Å². The van der Waals surface area contributed by atoms with Gasteiger partial charge >= 0.3 is 0 Å². The second-order valence-corrected chi connectivity index (χ2v) is 6.86. The molecular formula is C20H23N5O. The summed E-state index contributed by atoms with van der Waals surface area (Å²) in [6.07, 6.45) is 5.93. The average molecular weight is 349 g/mol. The van der Waals surface area contributed by atoms with Gasteiger partial charge < -0.3 is 14.4 Å². The molecular weight excluding hydrogens is 326 g/mol. The highest BCUT2D eigenvalue weighted by Gasteiger charge is 2.24. The van der Waals surface area contributed by atoms with Crippen LogP contribution in [-0.4, -0.2) is 45.5 Å². The maximum absolute atomic E-state index is 13.2. The summed E-state index contributed by atoms with van der Waals surface area (Å²) in [6.45, 7) is 2.37. The number of rotatable bonds is 4. The Kier molecular flexibility index (Phi) is 4.32. The Bertz CT molecular complexity index is 942. The van der Waals surface area contributed by atoms with E-state index in [1.807, 2.05) is 55.2 Å².